The maximum Gasteiger partial charge on any atom is 0.271 e. The Hall–Kier alpha value is -3.52. The third-order valence-corrected chi connectivity index (χ3v) is 4.43. The van der Waals surface area contributed by atoms with E-state index in [4.69, 9.17) is 4.74 Å². The molecule has 0 aliphatic rings. The Morgan fingerprint density at radius 3 is 2.52 bits per heavy atom. The van der Waals surface area contributed by atoms with Gasteiger partial charge in [-0.05, 0) is 53.6 Å². The molecule has 3 aromatic carbocycles. The number of nitro benzene ring substituents is 1. The van der Waals surface area contributed by atoms with Crippen molar-refractivity contribution < 1.29 is 14.5 Å². The number of nitro groups is 1. The highest BCUT2D eigenvalue weighted by atomic mass is 79.9. The second kappa shape index (κ2) is 9.61. The summed E-state index contributed by atoms with van der Waals surface area (Å²) in [7, 11) is 0. The Morgan fingerprint density at radius 1 is 1.10 bits per heavy atom. The molecule has 0 atom stereocenters. The minimum absolute atomic E-state index is 0.152. The van der Waals surface area contributed by atoms with Crippen LogP contribution in [-0.4, -0.2) is 17.0 Å². The van der Waals surface area contributed by atoms with Crippen LogP contribution in [0.5, 0.6) is 5.75 Å². The van der Waals surface area contributed by atoms with Crippen LogP contribution in [0, 0.1) is 10.1 Å². The molecule has 0 saturated carbocycles. The van der Waals surface area contributed by atoms with Crippen LogP contribution < -0.4 is 10.2 Å². The van der Waals surface area contributed by atoms with Gasteiger partial charge in [-0.15, -0.1) is 0 Å². The van der Waals surface area contributed by atoms with Gasteiger partial charge in [0.25, 0.3) is 11.6 Å². The van der Waals surface area contributed by atoms with E-state index in [-0.39, 0.29) is 11.3 Å². The van der Waals surface area contributed by atoms with Gasteiger partial charge in [-0.2, -0.15) is 5.10 Å². The Balaban J connectivity index is 1.53. The van der Waals surface area contributed by atoms with Crippen LogP contribution in [0.4, 0.5) is 5.69 Å². The van der Waals surface area contributed by atoms with Crippen molar-refractivity contribution in [2.45, 2.75) is 6.61 Å². The number of amides is 1. The standard InChI is InChI=1S/C21H16BrN3O4/c22-18-8-4-16(5-9-18)14-29-20-10-6-15(7-11-20)13-23-24-21(26)17-2-1-3-19(12-17)25(27)28/h1-13H,14H2,(H,24,26)/b23-13-. The van der Waals surface area contributed by atoms with Crippen LogP contribution in [0.3, 0.4) is 0 Å². The largest absolute Gasteiger partial charge is 0.489 e. The van der Waals surface area contributed by atoms with E-state index < -0.39 is 10.8 Å². The molecule has 0 fully saturated rings. The molecule has 3 aromatic rings. The molecule has 0 unspecified atom stereocenters. The van der Waals surface area contributed by atoms with Crippen LogP contribution >= 0.6 is 15.9 Å². The number of benzene rings is 3. The summed E-state index contributed by atoms with van der Waals surface area (Å²) >= 11 is 3.39. The van der Waals surface area contributed by atoms with E-state index in [1.54, 1.807) is 12.1 Å². The van der Waals surface area contributed by atoms with Crippen molar-refractivity contribution in [1.29, 1.82) is 0 Å². The summed E-state index contributed by atoms with van der Waals surface area (Å²) in [5.74, 6) is 0.185. The van der Waals surface area contributed by atoms with E-state index >= 15 is 0 Å². The number of nitrogens with one attached hydrogen (secondary N) is 1. The van der Waals surface area contributed by atoms with Crippen LogP contribution in [0.25, 0.3) is 0 Å². The van der Waals surface area contributed by atoms with Gasteiger partial charge in [-0.25, -0.2) is 5.43 Å². The first-order valence-electron chi connectivity index (χ1n) is 8.56. The number of hydrogen-bond donors (Lipinski definition) is 1. The summed E-state index contributed by atoms with van der Waals surface area (Å²) in [6.07, 6.45) is 1.48. The quantitative estimate of drug-likeness (QED) is 0.318. The number of carbonyl (C=O) groups excluding carboxylic acids is 1. The maximum atomic E-state index is 12.0. The Bertz CT molecular complexity index is 1030. The first-order valence-corrected chi connectivity index (χ1v) is 9.36. The molecule has 0 aliphatic carbocycles. The van der Waals surface area contributed by atoms with Gasteiger partial charge in [-0.1, -0.05) is 34.1 Å². The molecule has 0 saturated heterocycles. The van der Waals surface area contributed by atoms with Gasteiger partial charge < -0.3 is 4.74 Å². The zero-order valence-corrected chi connectivity index (χ0v) is 16.7. The number of carbonyl (C=O) groups is 1. The van der Waals surface area contributed by atoms with Crippen molar-refractivity contribution in [2.75, 3.05) is 0 Å². The molecule has 7 nitrogen and oxygen atoms in total. The Kier molecular flexibility index (Phi) is 6.70. The number of rotatable bonds is 7. The van der Waals surface area contributed by atoms with Gasteiger partial charge >= 0.3 is 0 Å². The molecule has 0 heterocycles. The van der Waals surface area contributed by atoms with Gasteiger partial charge in [0.05, 0.1) is 11.1 Å². The van der Waals surface area contributed by atoms with E-state index in [0.29, 0.717) is 12.4 Å². The summed E-state index contributed by atoms with van der Waals surface area (Å²) in [5, 5.41) is 14.7. The average molecular weight is 454 g/mol. The lowest BCUT2D eigenvalue weighted by Crippen LogP contribution is -2.17. The minimum Gasteiger partial charge on any atom is -0.489 e. The second-order valence-electron chi connectivity index (χ2n) is 5.99. The van der Waals surface area contributed by atoms with Gasteiger partial charge in [-0.3, -0.25) is 14.9 Å². The third kappa shape index (κ3) is 5.98. The molecule has 0 spiro atoms. The highest BCUT2D eigenvalue weighted by Crippen LogP contribution is 2.16. The molecule has 146 valence electrons. The van der Waals surface area contributed by atoms with E-state index in [2.05, 4.69) is 26.5 Å². The SMILES string of the molecule is O=C(N/N=C\c1ccc(OCc2ccc(Br)cc2)cc1)c1cccc([N+](=O)[O-])c1. The number of hydrazone groups is 1. The summed E-state index contributed by atoms with van der Waals surface area (Å²) in [4.78, 5) is 22.3. The monoisotopic (exact) mass is 453 g/mol. The van der Waals surface area contributed by atoms with Crippen LogP contribution in [0.15, 0.2) is 82.4 Å². The fourth-order valence-corrected chi connectivity index (χ4v) is 2.65. The van der Waals surface area contributed by atoms with Gasteiger partial charge in [0.15, 0.2) is 0 Å². The molecule has 29 heavy (non-hydrogen) atoms. The van der Waals surface area contributed by atoms with Crippen molar-refractivity contribution in [3.05, 3.63) is 104 Å². The smallest absolute Gasteiger partial charge is 0.271 e. The van der Waals surface area contributed by atoms with Crippen molar-refractivity contribution in [3.63, 3.8) is 0 Å². The van der Waals surface area contributed by atoms with Crippen molar-refractivity contribution >= 4 is 33.7 Å². The summed E-state index contributed by atoms with van der Waals surface area (Å²) in [6.45, 7) is 0.458. The Morgan fingerprint density at radius 2 is 1.83 bits per heavy atom. The van der Waals surface area contributed by atoms with E-state index in [9.17, 15) is 14.9 Å². The second-order valence-corrected chi connectivity index (χ2v) is 6.91. The van der Waals surface area contributed by atoms with E-state index in [1.165, 1.54) is 30.5 Å². The third-order valence-electron chi connectivity index (χ3n) is 3.90. The fraction of sp³-hybridized carbons (Fsp3) is 0.0476. The molecule has 1 amide bonds. The summed E-state index contributed by atoms with van der Waals surface area (Å²) in [5.41, 5.74) is 4.18. The van der Waals surface area contributed by atoms with Crippen molar-refractivity contribution in [3.8, 4) is 5.75 Å². The molecular weight excluding hydrogens is 438 g/mol. The number of hydrogen-bond acceptors (Lipinski definition) is 5. The van der Waals surface area contributed by atoms with Gasteiger partial charge in [0, 0.05) is 22.2 Å². The zero-order valence-electron chi connectivity index (χ0n) is 15.1. The zero-order chi connectivity index (χ0) is 20.6. The van der Waals surface area contributed by atoms with Crippen molar-refractivity contribution in [2.24, 2.45) is 5.10 Å². The highest BCUT2D eigenvalue weighted by Gasteiger charge is 2.10. The van der Waals surface area contributed by atoms with Crippen molar-refractivity contribution in [1.82, 2.24) is 5.43 Å². The number of halogens is 1. The minimum atomic E-state index is -0.555. The van der Waals surface area contributed by atoms with Crippen LogP contribution in [0.2, 0.25) is 0 Å². The molecule has 0 radical (unpaired) electrons. The maximum absolute atomic E-state index is 12.0. The van der Waals surface area contributed by atoms with Crippen LogP contribution in [-0.2, 0) is 6.61 Å². The number of non-ortho nitro benzene ring substituents is 1. The lowest BCUT2D eigenvalue weighted by Gasteiger charge is -2.06. The topological polar surface area (TPSA) is 93.8 Å². The molecular formula is C21H16BrN3O4. The molecule has 8 heteroatoms. The predicted molar refractivity (Wildman–Crippen MR) is 113 cm³/mol. The number of ether oxygens (including phenoxy) is 1. The Labute approximate surface area is 175 Å². The van der Waals surface area contributed by atoms with E-state index in [1.807, 2.05) is 36.4 Å². The van der Waals surface area contributed by atoms with E-state index in [0.717, 1.165) is 15.6 Å². The average Bonchev–Trinajstić information content (AvgIpc) is 2.74. The lowest BCUT2D eigenvalue weighted by atomic mass is 10.2. The first kappa shape index (κ1) is 20.2. The van der Waals surface area contributed by atoms with Crippen LogP contribution in [0.1, 0.15) is 21.5 Å². The molecule has 1 N–H and O–H groups in total. The molecule has 0 aliphatic heterocycles. The molecule has 0 aromatic heterocycles. The van der Waals surface area contributed by atoms with Gasteiger partial charge in [0.1, 0.15) is 12.4 Å². The summed E-state index contributed by atoms with van der Waals surface area (Å²) < 4.78 is 6.75. The predicted octanol–water partition coefficient (Wildman–Crippen LogP) is 4.70. The number of nitrogens with zero attached hydrogens (tertiary/aromatic N) is 2. The fourth-order valence-electron chi connectivity index (χ4n) is 2.39. The normalized spacial score (nSPS) is 10.7. The highest BCUT2D eigenvalue weighted by molar-refractivity contribution is 9.10. The first-order chi connectivity index (χ1) is 14.0. The summed E-state index contributed by atoms with van der Waals surface area (Å²) in [6, 6.07) is 20.6. The van der Waals surface area contributed by atoms with Gasteiger partial charge in [0.2, 0.25) is 0 Å². The molecule has 3 rings (SSSR count). The lowest BCUT2D eigenvalue weighted by molar-refractivity contribution is -0.384. The molecule has 0 bridgehead atoms.